The van der Waals surface area contributed by atoms with E-state index in [1.54, 1.807) is 45.0 Å². The summed E-state index contributed by atoms with van der Waals surface area (Å²) in [4.78, 5) is 24.1. The van der Waals surface area contributed by atoms with E-state index >= 15 is 0 Å². The summed E-state index contributed by atoms with van der Waals surface area (Å²) in [7, 11) is 0. The molecule has 0 unspecified atom stereocenters. The van der Waals surface area contributed by atoms with Crippen LogP contribution in [0, 0.1) is 5.92 Å². The number of amides is 1. The standard InChI is InChI=1S/C25H28F3NO5/c1-24(2,3)34-23(32)29-13-15-7-9-16(10-8-15)14-33-19-12-11-18(21(30)17-5-4-6-17)22(31)20(19)25(26,27)28/h7-12,17,31H,4-6,13-14H2,1-3H3,(H,29,32). The number of carbonyl (C=O) groups excluding carboxylic acids is 2. The molecule has 0 heterocycles. The van der Waals surface area contributed by atoms with Crippen molar-refractivity contribution in [2.24, 2.45) is 5.92 Å². The van der Waals surface area contributed by atoms with Crippen molar-refractivity contribution < 1.29 is 37.3 Å². The van der Waals surface area contributed by atoms with Gasteiger partial charge in [0.2, 0.25) is 0 Å². The number of alkyl halides is 3. The van der Waals surface area contributed by atoms with Crippen LogP contribution in [0.4, 0.5) is 18.0 Å². The fourth-order valence-electron chi connectivity index (χ4n) is 3.46. The normalized spacial score (nSPS) is 14.3. The van der Waals surface area contributed by atoms with Crippen LogP contribution >= 0.6 is 0 Å². The van der Waals surface area contributed by atoms with Gasteiger partial charge >= 0.3 is 12.3 Å². The summed E-state index contributed by atoms with van der Waals surface area (Å²) in [6, 6.07) is 9.00. The first-order valence-electron chi connectivity index (χ1n) is 11.0. The van der Waals surface area contributed by atoms with E-state index in [1.165, 1.54) is 6.07 Å². The van der Waals surface area contributed by atoms with Crippen molar-refractivity contribution in [2.75, 3.05) is 0 Å². The minimum atomic E-state index is -4.90. The lowest BCUT2D eigenvalue weighted by atomic mass is 9.79. The molecule has 3 rings (SSSR count). The highest BCUT2D eigenvalue weighted by molar-refractivity contribution is 6.01. The number of benzene rings is 2. The molecule has 1 aliphatic carbocycles. The SMILES string of the molecule is CC(C)(C)OC(=O)NCc1ccc(COc2ccc(C(=O)C3CCC3)c(O)c2C(F)(F)F)cc1. The first-order chi connectivity index (χ1) is 15.8. The molecule has 1 fully saturated rings. The molecule has 0 spiro atoms. The van der Waals surface area contributed by atoms with Crippen LogP contribution in [-0.2, 0) is 24.1 Å². The largest absolute Gasteiger partial charge is 0.506 e. The molecule has 0 radical (unpaired) electrons. The summed E-state index contributed by atoms with van der Waals surface area (Å²) in [5.41, 5.74) is -0.940. The number of aromatic hydroxyl groups is 1. The molecule has 0 atom stereocenters. The van der Waals surface area contributed by atoms with E-state index < -0.39 is 40.7 Å². The van der Waals surface area contributed by atoms with Crippen molar-refractivity contribution in [3.05, 3.63) is 58.7 Å². The van der Waals surface area contributed by atoms with Crippen molar-refractivity contribution in [2.45, 2.75) is 65.0 Å². The Balaban J connectivity index is 1.67. The molecule has 1 amide bonds. The summed E-state index contributed by atoms with van der Waals surface area (Å²) < 4.78 is 51.6. The van der Waals surface area contributed by atoms with E-state index in [1.807, 2.05) is 0 Å². The molecular weight excluding hydrogens is 451 g/mol. The summed E-state index contributed by atoms with van der Waals surface area (Å²) in [5.74, 6) is -2.46. The van der Waals surface area contributed by atoms with Crippen molar-refractivity contribution in [3.8, 4) is 11.5 Å². The van der Waals surface area contributed by atoms with E-state index in [0.717, 1.165) is 18.1 Å². The highest BCUT2D eigenvalue weighted by atomic mass is 19.4. The van der Waals surface area contributed by atoms with Gasteiger partial charge in [-0.2, -0.15) is 13.2 Å². The minimum Gasteiger partial charge on any atom is -0.506 e. The fraction of sp³-hybridized carbons (Fsp3) is 0.440. The number of nitrogens with one attached hydrogen (secondary N) is 1. The number of ketones is 1. The third kappa shape index (κ3) is 6.42. The zero-order valence-corrected chi connectivity index (χ0v) is 19.3. The van der Waals surface area contributed by atoms with Gasteiger partial charge in [0.05, 0.1) is 5.56 Å². The van der Waals surface area contributed by atoms with Gasteiger partial charge in [-0.25, -0.2) is 4.79 Å². The highest BCUT2D eigenvalue weighted by Crippen LogP contribution is 2.45. The van der Waals surface area contributed by atoms with Crippen LogP contribution in [-0.4, -0.2) is 22.6 Å². The molecule has 0 saturated heterocycles. The number of Topliss-reactive ketones (excluding diaryl/α,β-unsaturated/α-hetero) is 1. The van der Waals surface area contributed by atoms with Crippen LogP contribution in [0.1, 0.15) is 67.1 Å². The number of phenols is 1. The molecule has 34 heavy (non-hydrogen) atoms. The van der Waals surface area contributed by atoms with Crippen LogP contribution in [0.25, 0.3) is 0 Å². The van der Waals surface area contributed by atoms with Crippen molar-refractivity contribution in [1.29, 1.82) is 0 Å². The maximum atomic E-state index is 13.7. The van der Waals surface area contributed by atoms with Gasteiger partial charge in [0.1, 0.15) is 29.3 Å². The van der Waals surface area contributed by atoms with E-state index in [0.29, 0.717) is 18.4 Å². The Hall–Kier alpha value is -3.23. The molecule has 0 bridgehead atoms. The number of halogens is 3. The number of carbonyl (C=O) groups is 2. The summed E-state index contributed by atoms with van der Waals surface area (Å²) >= 11 is 0. The Labute approximate surface area is 196 Å². The molecule has 2 aromatic rings. The zero-order chi connectivity index (χ0) is 25.1. The molecule has 1 aliphatic rings. The maximum Gasteiger partial charge on any atom is 0.423 e. The molecule has 1 saturated carbocycles. The number of ether oxygens (including phenoxy) is 2. The van der Waals surface area contributed by atoms with E-state index in [9.17, 15) is 27.9 Å². The minimum absolute atomic E-state index is 0.182. The Bertz CT molecular complexity index is 1040. The van der Waals surface area contributed by atoms with Crippen LogP contribution in [0.5, 0.6) is 11.5 Å². The summed E-state index contributed by atoms with van der Waals surface area (Å²) in [6.07, 6.45) is -3.38. The lowest BCUT2D eigenvalue weighted by Crippen LogP contribution is -2.32. The topological polar surface area (TPSA) is 84.9 Å². The maximum absolute atomic E-state index is 13.7. The lowest BCUT2D eigenvalue weighted by Gasteiger charge is -2.25. The van der Waals surface area contributed by atoms with Gasteiger partial charge in [-0.05, 0) is 56.9 Å². The molecule has 9 heteroatoms. The number of hydrogen-bond donors (Lipinski definition) is 2. The Morgan fingerprint density at radius 2 is 1.65 bits per heavy atom. The Morgan fingerprint density at radius 3 is 2.18 bits per heavy atom. The molecule has 0 aromatic heterocycles. The fourth-order valence-corrected chi connectivity index (χ4v) is 3.46. The van der Waals surface area contributed by atoms with Gasteiger partial charge in [0.25, 0.3) is 0 Å². The predicted octanol–water partition coefficient (Wildman–Crippen LogP) is 6.00. The Morgan fingerprint density at radius 1 is 1.03 bits per heavy atom. The second-order valence-corrected chi connectivity index (χ2v) is 9.29. The second-order valence-electron chi connectivity index (χ2n) is 9.29. The molecule has 2 N–H and O–H groups in total. The zero-order valence-electron chi connectivity index (χ0n) is 19.3. The second kappa shape index (κ2) is 9.95. The molecule has 184 valence electrons. The first-order valence-corrected chi connectivity index (χ1v) is 11.0. The van der Waals surface area contributed by atoms with E-state index in [-0.39, 0.29) is 24.6 Å². The van der Waals surface area contributed by atoms with Crippen molar-refractivity contribution in [1.82, 2.24) is 5.32 Å². The molecule has 2 aromatic carbocycles. The van der Waals surface area contributed by atoms with Crippen molar-refractivity contribution >= 4 is 11.9 Å². The third-order valence-electron chi connectivity index (χ3n) is 5.42. The van der Waals surface area contributed by atoms with Gasteiger partial charge in [-0.3, -0.25) is 4.79 Å². The van der Waals surface area contributed by atoms with Crippen LogP contribution in [0.3, 0.4) is 0 Å². The number of hydrogen-bond acceptors (Lipinski definition) is 5. The number of phenolic OH excluding ortho intramolecular Hbond substituents is 1. The Kier molecular flexibility index (Phi) is 7.43. The molecule has 0 aliphatic heterocycles. The average Bonchev–Trinajstić information content (AvgIpc) is 2.67. The third-order valence-corrected chi connectivity index (χ3v) is 5.42. The van der Waals surface area contributed by atoms with Gasteiger partial charge in [0, 0.05) is 12.5 Å². The summed E-state index contributed by atoms with van der Waals surface area (Å²) in [6.45, 7) is 5.30. The smallest absolute Gasteiger partial charge is 0.423 e. The van der Waals surface area contributed by atoms with E-state index in [4.69, 9.17) is 9.47 Å². The number of alkyl carbamates (subject to hydrolysis) is 1. The first kappa shape index (κ1) is 25.4. The van der Waals surface area contributed by atoms with Crippen LogP contribution in [0.15, 0.2) is 36.4 Å². The van der Waals surface area contributed by atoms with Gasteiger partial charge < -0.3 is 19.9 Å². The quantitative estimate of drug-likeness (QED) is 0.476. The predicted molar refractivity (Wildman–Crippen MR) is 119 cm³/mol. The monoisotopic (exact) mass is 479 g/mol. The van der Waals surface area contributed by atoms with Crippen LogP contribution < -0.4 is 10.1 Å². The van der Waals surface area contributed by atoms with Gasteiger partial charge in [-0.15, -0.1) is 0 Å². The number of rotatable bonds is 7. The lowest BCUT2D eigenvalue weighted by molar-refractivity contribution is -0.140. The van der Waals surface area contributed by atoms with Crippen LogP contribution in [0.2, 0.25) is 0 Å². The van der Waals surface area contributed by atoms with E-state index in [2.05, 4.69) is 5.32 Å². The molecule has 6 nitrogen and oxygen atoms in total. The van der Waals surface area contributed by atoms with Gasteiger partial charge in [-0.1, -0.05) is 30.7 Å². The average molecular weight is 479 g/mol. The van der Waals surface area contributed by atoms with Crippen molar-refractivity contribution in [3.63, 3.8) is 0 Å². The highest BCUT2D eigenvalue weighted by Gasteiger charge is 2.40. The van der Waals surface area contributed by atoms with Gasteiger partial charge in [0.15, 0.2) is 5.78 Å². The summed E-state index contributed by atoms with van der Waals surface area (Å²) in [5, 5.41) is 12.9. The molecular formula is C25H28F3NO5.